The van der Waals surface area contributed by atoms with Gasteiger partial charge < -0.3 is 10.0 Å². The summed E-state index contributed by atoms with van der Waals surface area (Å²) in [6, 6.07) is 9.86. The van der Waals surface area contributed by atoms with Crippen LogP contribution in [0.1, 0.15) is 50.2 Å². The highest BCUT2D eigenvalue weighted by Crippen LogP contribution is 2.58. The molecule has 0 bridgehead atoms. The Balaban J connectivity index is 1.26. The molecule has 4 nitrogen and oxygen atoms in total. The van der Waals surface area contributed by atoms with Crippen molar-refractivity contribution in [3.05, 3.63) is 35.9 Å². The van der Waals surface area contributed by atoms with Crippen LogP contribution >= 0.6 is 0 Å². The highest BCUT2D eigenvalue weighted by atomic mass is 16.3. The lowest BCUT2D eigenvalue weighted by molar-refractivity contribution is -0.147. The summed E-state index contributed by atoms with van der Waals surface area (Å²) in [6.07, 6.45) is 6.89. The molecule has 1 saturated heterocycles. The molecule has 136 valence electrons. The van der Waals surface area contributed by atoms with Gasteiger partial charge in [-0.3, -0.25) is 9.69 Å². The first-order valence-corrected chi connectivity index (χ1v) is 9.89. The Labute approximate surface area is 150 Å². The molecule has 1 atom stereocenters. The number of hydrogen-bond acceptors (Lipinski definition) is 3. The molecule has 25 heavy (non-hydrogen) atoms. The lowest BCUT2D eigenvalue weighted by atomic mass is 9.51. The minimum Gasteiger partial charge on any atom is -0.387 e. The summed E-state index contributed by atoms with van der Waals surface area (Å²) in [5.74, 6) is 0.685. The van der Waals surface area contributed by atoms with Gasteiger partial charge >= 0.3 is 0 Å². The maximum absolute atomic E-state index is 12.8. The van der Waals surface area contributed by atoms with Crippen molar-refractivity contribution >= 4 is 5.91 Å². The van der Waals surface area contributed by atoms with Crippen LogP contribution in [0.4, 0.5) is 0 Å². The Kier molecular flexibility index (Phi) is 4.83. The first kappa shape index (κ1) is 17.0. The highest BCUT2D eigenvalue weighted by Gasteiger charge is 2.51. The quantitative estimate of drug-likeness (QED) is 0.915. The number of benzene rings is 1. The molecule has 1 heterocycles. The molecule has 0 aromatic heterocycles. The Morgan fingerprint density at radius 2 is 1.84 bits per heavy atom. The number of amides is 1. The van der Waals surface area contributed by atoms with Crippen molar-refractivity contribution in [1.29, 1.82) is 0 Å². The van der Waals surface area contributed by atoms with Crippen LogP contribution in [0.15, 0.2) is 30.3 Å². The van der Waals surface area contributed by atoms with Crippen molar-refractivity contribution in [2.75, 3.05) is 32.7 Å². The number of carbonyl (C=O) groups excluding carboxylic acids is 1. The van der Waals surface area contributed by atoms with Crippen LogP contribution in [-0.4, -0.2) is 53.5 Å². The summed E-state index contributed by atoms with van der Waals surface area (Å²) in [7, 11) is 0. The molecule has 4 rings (SSSR count). The van der Waals surface area contributed by atoms with Gasteiger partial charge in [-0.05, 0) is 43.1 Å². The van der Waals surface area contributed by atoms with Crippen molar-refractivity contribution in [3.63, 3.8) is 0 Å². The van der Waals surface area contributed by atoms with E-state index in [1.54, 1.807) is 0 Å². The van der Waals surface area contributed by atoms with Gasteiger partial charge in [0.25, 0.3) is 0 Å². The summed E-state index contributed by atoms with van der Waals surface area (Å²) < 4.78 is 0. The average molecular weight is 342 g/mol. The molecule has 0 unspecified atom stereocenters. The molecule has 1 aromatic rings. The van der Waals surface area contributed by atoms with Crippen LogP contribution in [0.3, 0.4) is 0 Å². The zero-order chi connectivity index (χ0) is 17.3. The number of carbonyl (C=O) groups is 1. The van der Waals surface area contributed by atoms with Crippen LogP contribution in [0.25, 0.3) is 0 Å². The minimum absolute atomic E-state index is 0.293. The fraction of sp³-hybridized carbons (Fsp3) is 0.667. The predicted molar refractivity (Wildman–Crippen MR) is 98.0 cm³/mol. The van der Waals surface area contributed by atoms with Crippen molar-refractivity contribution in [2.24, 2.45) is 11.3 Å². The molecule has 1 aromatic carbocycles. The van der Waals surface area contributed by atoms with Crippen molar-refractivity contribution in [2.45, 2.75) is 44.6 Å². The molecule has 1 aliphatic heterocycles. The predicted octanol–water partition coefficient (Wildman–Crippen LogP) is 2.83. The van der Waals surface area contributed by atoms with Crippen LogP contribution in [0, 0.1) is 11.3 Å². The van der Waals surface area contributed by atoms with Gasteiger partial charge in [-0.1, -0.05) is 36.8 Å². The number of nitrogens with zero attached hydrogens (tertiary/aromatic N) is 2. The second-order valence-electron chi connectivity index (χ2n) is 8.36. The smallest absolute Gasteiger partial charge is 0.225 e. The average Bonchev–Trinajstić information content (AvgIpc) is 2.78. The van der Waals surface area contributed by atoms with Crippen LogP contribution in [0.5, 0.6) is 0 Å². The van der Waals surface area contributed by atoms with Crippen molar-refractivity contribution in [3.8, 4) is 0 Å². The van der Waals surface area contributed by atoms with E-state index in [0.29, 0.717) is 23.8 Å². The third-order valence-corrected chi connectivity index (χ3v) is 6.64. The zero-order valence-corrected chi connectivity index (χ0v) is 15.1. The van der Waals surface area contributed by atoms with E-state index in [9.17, 15) is 9.90 Å². The van der Waals surface area contributed by atoms with Gasteiger partial charge in [0.2, 0.25) is 5.91 Å². The SMILES string of the molecule is O=C(C1CC2(CCC2)C1)N1CCCN(C[C@@H](O)c2ccccc2)CC1. The van der Waals surface area contributed by atoms with E-state index in [2.05, 4.69) is 9.80 Å². The third-order valence-electron chi connectivity index (χ3n) is 6.64. The Morgan fingerprint density at radius 1 is 1.08 bits per heavy atom. The monoisotopic (exact) mass is 342 g/mol. The molecule has 1 amide bonds. The number of rotatable bonds is 4. The van der Waals surface area contributed by atoms with Crippen molar-refractivity contribution < 1.29 is 9.90 Å². The van der Waals surface area contributed by atoms with Crippen LogP contribution < -0.4 is 0 Å². The summed E-state index contributed by atoms with van der Waals surface area (Å²) >= 11 is 0. The number of hydrogen-bond donors (Lipinski definition) is 1. The van der Waals surface area contributed by atoms with Crippen LogP contribution in [-0.2, 0) is 4.79 Å². The molecular formula is C21H30N2O2. The lowest BCUT2D eigenvalue weighted by Gasteiger charge is -2.54. The van der Waals surface area contributed by atoms with E-state index in [0.717, 1.165) is 51.0 Å². The normalized spacial score (nSPS) is 25.1. The molecule has 2 saturated carbocycles. The fourth-order valence-electron chi connectivity index (χ4n) is 4.90. The number of aliphatic hydroxyl groups is 1. The molecular weight excluding hydrogens is 312 g/mol. The van der Waals surface area contributed by atoms with E-state index >= 15 is 0 Å². The van der Waals surface area contributed by atoms with E-state index in [1.165, 1.54) is 19.3 Å². The zero-order valence-electron chi connectivity index (χ0n) is 15.1. The first-order chi connectivity index (χ1) is 12.2. The lowest BCUT2D eigenvalue weighted by Crippen LogP contribution is -2.50. The molecule has 1 spiro atoms. The third kappa shape index (κ3) is 3.61. The van der Waals surface area contributed by atoms with Gasteiger partial charge in [-0.2, -0.15) is 0 Å². The Bertz CT molecular complexity index is 591. The maximum atomic E-state index is 12.8. The fourth-order valence-corrected chi connectivity index (χ4v) is 4.90. The van der Waals surface area contributed by atoms with Gasteiger partial charge in [-0.15, -0.1) is 0 Å². The minimum atomic E-state index is -0.450. The molecule has 4 heteroatoms. The standard InChI is InChI=1S/C21H30N2O2/c24-19(17-6-2-1-3-7-17)16-22-10-5-11-23(13-12-22)20(25)18-14-21(15-18)8-4-9-21/h1-3,6-7,18-19,24H,4-5,8-16H2/t19-/m1/s1. The number of aliphatic hydroxyl groups excluding tert-OH is 1. The maximum Gasteiger partial charge on any atom is 0.225 e. The first-order valence-electron chi connectivity index (χ1n) is 9.89. The topological polar surface area (TPSA) is 43.8 Å². The summed E-state index contributed by atoms with van der Waals surface area (Å²) in [4.78, 5) is 17.2. The largest absolute Gasteiger partial charge is 0.387 e. The highest BCUT2D eigenvalue weighted by molar-refractivity contribution is 5.80. The van der Waals surface area contributed by atoms with Gasteiger partial charge in [-0.25, -0.2) is 0 Å². The molecule has 3 aliphatic rings. The second-order valence-corrected chi connectivity index (χ2v) is 8.36. The van der Waals surface area contributed by atoms with Gasteiger partial charge in [0.15, 0.2) is 0 Å². The number of β-amino-alcohol motifs (C(OH)–C–C–N with tert-alkyl or cyclic N) is 1. The van der Waals surface area contributed by atoms with E-state index < -0.39 is 6.10 Å². The summed E-state index contributed by atoms with van der Waals surface area (Å²) in [5, 5.41) is 10.4. The van der Waals surface area contributed by atoms with E-state index in [4.69, 9.17) is 0 Å². The second kappa shape index (κ2) is 7.08. The molecule has 3 fully saturated rings. The van der Waals surface area contributed by atoms with Gasteiger partial charge in [0, 0.05) is 38.6 Å². The summed E-state index contributed by atoms with van der Waals surface area (Å²) in [5.41, 5.74) is 1.54. The summed E-state index contributed by atoms with van der Waals surface area (Å²) in [6.45, 7) is 4.17. The van der Waals surface area contributed by atoms with Gasteiger partial charge in [0.1, 0.15) is 0 Å². The van der Waals surface area contributed by atoms with Gasteiger partial charge in [0.05, 0.1) is 6.10 Å². The van der Waals surface area contributed by atoms with E-state index in [-0.39, 0.29) is 0 Å². The molecule has 1 N–H and O–H groups in total. The molecule has 2 aliphatic carbocycles. The van der Waals surface area contributed by atoms with E-state index in [1.807, 2.05) is 30.3 Å². The Morgan fingerprint density at radius 3 is 2.52 bits per heavy atom. The van der Waals surface area contributed by atoms with Crippen LogP contribution in [0.2, 0.25) is 0 Å². The molecule has 0 radical (unpaired) electrons. The van der Waals surface area contributed by atoms with Crippen molar-refractivity contribution in [1.82, 2.24) is 9.80 Å². The Hall–Kier alpha value is -1.39.